The van der Waals surface area contributed by atoms with Crippen LogP contribution >= 0.6 is 0 Å². The molecule has 0 heterocycles. The van der Waals surface area contributed by atoms with E-state index < -0.39 is 16.1 Å². The molecule has 0 spiro atoms. The van der Waals surface area contributed by atoms with Crippen LogP contribution in [0.25, 0.3) is 0 Å². The molecule has 0 amide bonds. The van der Waals surface area contributed by atoms with Crippen molar-refractivity contribution in [3.05, 3.63) is 24.3 Å². The standard InChI is InChI=1S/C16H25NO4S/c1-2-21-15-10-6-7-11-16(15)22(19,20)17-12-14(18)13-8-4-3-5-9-13/h6-7,10-11,13-14,17-18H,2-5,8-9,12H2,1H3/t14-/m0/s1. The summed E-state index contributed by atoms with van der Waals surface area (Å²) in [4.78, 5) is 0.118. The minimum Gasteiger partial charge on any atom is -0.492 e. The number of aliphatic hydroxyl groups excluding tert-OH is 1. The van der Waals surface area contributed by atoms with Crippen LogP contribution in [0.4, 0.5) is 0 Å². The number of para-hydroxylation sites is 1. The summed E-state index contributed by atoms with van der Waals surface area (Å²) in [6.07, 6.45) is 4.74. The lowest BCUT2D eigenvalue weighted by Crippen LogP contribution is -2.37. The minimum absolute atomic E-state index is 0.0491. The number of hydrogen-bond acceptors (Lipinski definition) is 4. The highest BCUT2D eigenvalue weighted by molar-refractivity contribution is 7.89. The molecule has 1 fully saturated rings. The van der Waals surface area contributed by atoms with E-state index in [4.69, 9.17) is 4.74 Å². The molecule has 5 nitrogen and oxygen atoms in total. The van der Waals surface area contributed by atoms with Crippen LogP contribution in [0.2, 0.25) is 0 Å². The first-order valence-electron chi connectivity index (χ1n) is 7.94. The summed E-state index contributed by atoms with van der Waals surface area (Å²) in [5.41, 5.74) is 0. The number of aliphatic hydroxyl groups is 1. The molecule has 124 valence electrons. The predicted octanol–water partition coefficient (Wildman–Crippen LogP) is 2.30. The second-order valence-corrected chi connectivity index (χ2v) is 7.43. The molecule has 0 unspecified atom stereocenters. The predicted molar refractivity (Wildman–Crippen MR) is 85.4 cm³/mol. The number of sulfonamides is 1. The first-order chi connectivity index (χ1) is 10.5. The van der Waals surface area contributed by atoms with E-state index in [1.807, 2.05) is 6.92 Å². The average molecular weight is 327 g/mol. The van der Waals surface area contributed by atoms with E-state index in [-0.39, 0.29) is 17.4 Å². The number of rotatable bonds is 7. The van der Waals surface area contributed by atoms with Crippen LogP contribution in [-0.2, 0) is 10.0 Å². The fraction of sp³-hybridized carbons (Fsp3) is 0.625. The molecule has 6 heteroatoms. The maximum Gasteiger partial charge on any atom is 0.244 e. The zero-order valence-electron chi connectivity index (χ0n) is 13.0. The van der Waals surface area contributed by atoms with E-state index in [2.05, 4.69) is 4.72 Å². The van der Waals surface area contributed by atoms with Crippen molar-refractivity contribution in [1.29, 1.82) is 0 Å². The van der Waals surface area contributed by atoms with Crippen LogP contribution in [-0.4, -0.2) is 32.8 Å². The van der Waals surface area contributed by atoms with Crippen LogP contribution in [0.5, 0.6) is 5.75 Å². The van der Waals surface area contributed by atoms with Crippen molar-refractivity contribution in [2.24, 2.45) is 5.92 Å². The molecule has 0 bridgehead atoms. The summed E-state index contributed by atoms with van der Waals surface area (Å²) in [5.74, 6) is 0.531. The van der Waals surface area contributed by atoms with E-state index in [0.29, 0.717) is 12.4 Å². The molecule has 0 radical (unpaired) electrons. The van der Waals surface area contributed by atoms with Gasteiger partial charge in [-0.15, -0.1) is 0 Å². The summed E-state index contributed by atoms with van der Waals surface area (Å²) >= 11 is 0. The lowest BCUT2D eigenvalue weighted by atomic mass is 9.85. The average Bonchev–Trinajstić information content (AvgIpc) is 2.54. The van der Waals surface area contributed by atoms with Gasteiger partial charge in [-0.3, -0.25) is 0 Å². The highest BCUT2D eigenvalue weighted by atomic mass is 32.2. The van der Waals surface area contributed by atoms with Crippen molar-refractivity contribution in [1.82, 2.24) is 4.72 Å². The van der Waals surface area contributed by atoms with E-state index in [1.165, 1.54) is 12.5 Å². The molecule has 2 rings (SSSR count). The lowest BCUT2D eigenvalue weighted by Gasteiger charge is -2.26. The van der Waals surface area contributed by atoms with Gasteiger partial charge in [-0.1, -0.05) is 31.4 Å². The van der Waals surface area contributed by atoms with Crippen molar-refractivity contribution in [3.63, 3.8) is 0 Å². The van der Waals surface area contributed by atoms with Gasteiger partial charge in [-0.2, -0.15) is 0 Å². The van der Waals surface area contributed by atoms with Crippen molar-refractivity contribution in [2.75, 3.05) is 13.2 Å². The van der Waals surface area contributed by atoms with Crippen LogP contribution in [0.3, 0.4) is 0 Å². The second kappa shape index (κ2) is 7.94. The second-order valence-electron chi connectivity index (χ2n) is 5.70. The van der Waals surface area contributed by atoms with Gasteiger partial charge in [0.1, 0.15) is 10.6 Å². The fourth-order valence-electron chi connectivity index (χ4n) is 2.91. The third-order valence-electron chi connectivity index (χ3n) is 4.11. The molecule has 1 aliphatic carbocycles. The first kappa shape index (κ1) is 17.2. The summed E-state index contributed by atoms with van der Waals surface area (Å²) in [6, 6.07) is 6.55. The summed E-state index contributed by atoms with van der Waals surface area (Å²) in [6.45, 7) is 2.26. The van der Waals surface area contributed by atoms with Gasteiger partial charge in [0, 0.05) is 6.54 Å². The van der Waals surface area contributed by atoms with Gasteiger partial charge >= 0.3 is 0 Å². The summed E-state index contributed by atoms with van der Waals surface area (Å²) in [5, 5.41) is 10.2. The van der Waals surface area contributed by atoms with E-state index in [9.17, 15) is 13.5 Å². The number of hydrogen-bond donors (Lipinski definition) is 2. The van der Waals surface area contributed by atoms with Gasteiger partial charge in [0.15, 0.2) is 0 Å². The smallest absolute Gasteiger partial charge is 0.244 e. The van der Waals surface area contributed by atoms with Gasteiger partial charge in [0.25, 0.3) is 0 Å². The van der Waals surface area contributed by atoms with Gasteiger partial charge in [-0.05, 0) is 37.8 Å². The Morgan fingerprint density at radius 2 is 1.95 bits per heavy atom. The van der Waals surface area contributed by atoms with Gasteiger partial charge in [-0.25, -0.2) is 13.1 Å². The normalized spacial score (nSPS) is 18.1. The molecular weight excluding hydrogens is 302 g/mol. The Morgan fingerprint density at radius 3 is 2.64 bits per heavy atom. The van der Waals surface area contributed by atoms with Crippen LogP contribution < -0.4 is 9.46 Å². The molecule has 1 aliphatic rings. The zero-order chi connectivity index (χ0) is 16.0. The van der Waals surface area contributed by atoms with Gasteiger partial charge < -0.3 is 9.84 Å². The molecule has 0 aromatic heterocycles. The highest BCUT2D eigenvalue weighted by Crippen LogP contribution is 2.27. The van der Waals surface area contributed by atoms with Gasteiger partial charge in [0.2, 0.25) is 10.0 Å². The molecule has 0 saturated heterocycles. The van der Waals surface area contributed by atoms with Crippen molar-refractivity contribution >= 4 is 10.0 Å². The molecule has 1 atom stereocenters. The van der Waals surface area contributed by atoms with Crippen LogP contribution in [0.1, 0.15) is 39.0 Å². The molecular formula is C16H25NO4S. The number of benzene rings is 1. The molecule has 2 N–H and O–H groups in total. The van der Waals surface area contributed by atoms with Crippen LogP contribution in [0, 0.1) is 5.92 Å². The topological polar surface area (TPSA) is 75.6 Å². The van der Waals surface area contributed by atoms with Gasteiger partial charge in [0.05, 0.1) is 12.7 Å². The Morgan fingerprint density at radius 1 is 1.27 bits per heavy atom. The monoisotopic (exact) mass is 327 g/mol. The Hall–Kier alpha value is -1.11. The maximum absolute atomic E-state index is 12.4. The van der Waals surface area contributed by atoms with E-state index in [1.54, 1.807) is 18.2 Å². The Bertz CT molecular complexity index is 567. The molecule has 1 aromatic rings. The Labute approximate surface area is 132 Å². The van der Waals surface area contributed by atoms with E-state index >= 15 is 0 Å². The Balaban J connectivity index is 2.01. The fourth-order valence-corrected chi connectivity index (χ4v) is 4.10. The first-order valence-corrected chi connectivity index (χ1v) is 9.42. The third-order valence-corrected chi connectivity index (χ3v) is 5.58. The van der Waals surface area contributed by atoms with Crippen molar-refractivity contribution in [3.8, 4) is 5.75 Å². The third kappa shape index (κ3) is 4.44. The van der Waals surface area contributed by atoms with E-state index in [0.717, 1.165) is 25.7 Å². The van der Waals surface area contributed by atoms with Crippen molar-refractivity contribution < 1.29 is 18.3 Å². The quantitative estimate of drug-likeness (QED) is 0.806. The maximum atomic E-state index is 12.4. The highest BCUT2D eigenvalue weighted by Gasteiger charge is 2.25. The summed E-state index contributed by atoms with van der Waals surface area (Å²) in [7, 11) is -3.68. The SMILES string of the molecule is CCOc1ccccc1S(=O)(=O)NC[C@H](O)C1CCCCC1. The van der Waals surface area contributed by atoms with Crippen molar-refractivity contribution in [2.45, 2.75) is 50.0 Å². The minimum atomic E-state index is -3.68. The summed E-state index contributed by atoms with van der Waals surface area (Å²) < 4.78 is 32.7. The Kier molecular flexibility index (Phi) is 6.23. The molecule has 1 aromatic carbocycles. The molecule has 0 aliphatic heterocycles. The molecule has 22 heavy (non-hydrogen) atoms. The molecule has 1 saturated carbocycles. The lowest BCUT2D eigenvalue weighted by molar-refractivity contribution is 0.0888. The largest absolute Gasteiger partial charge is 0.492 e. The zero-order valence-corrected chi connectivity index (χ0v) is 13.8. The number of ether oxygens (including phenoxy) is 1. The number of nitrogens with one attached hydrogen (secondary N) is 1. The van der Waals surface area contributed by atoms with Crippen LogP contribution in [0.15, 0.2) is 29.2 Å².